The van der Waals surface area contributed by atoms with E-state index in [1.165, 1.54) is 25.7 Å². The van der Waals surface area contributed by atoms with Gasteiger partial charge >= 0.3 is 0 Å². The van der Waals surface area contributed by atoms with Crippen LogP contribution in [-0.2, 0) is 4.79 Å². The number of hydrogen-bond donors (Lipinski definition) is 1. The predicted octanol–water partition coefficient (Wildman–Crippen LogP) is 3.05. The third-order valence-corrected chi connectivity index (χ3v) is 4.59. The molecule has 3 nitrogen and oxygen atoms in total. The van der Waals surface area contributed by atoms with Gasteiger partial charge in [-0.3, -0.25) is 4.79 Å². The number of carbonyl (C=O) groups is 1. The van der Waals surface area contributed by atoms with Crippen molar-refractivity contribution in [2.45, 2.75) is 72.4 Å². The Balaban J connectivity index is 2.47. The van der Waals surface area contributed by atoms with Gasteiger partial charge in [-0.15, -0.1) is 0 Å². The highest BCUT2D eigenvalue weighted by Gasteiger charge is 2.27. The first-order chi connectivity index (χ1) is 8.99. The molecular formula is C16H32N2O. The van der Waals surface area contributed by atoms with Crippen molar-refractivity contribution in [3.05, 3.63) is 0 Å². The smallest absolute Gasteiger partial charge is 0.239 e. The van der Waals surface area contributed by atoms with Gasteiger partial charge in [0.25, 0.3) is 0 Å². The van der Waals surface area contributed by atoms with Gasteiger partial charge in [0.1, 0.15) is 0 Å². The van der Waals surface area contributed by atoms with Crippen LogP contribution >= 0.6 is 0 Å². The highest BCUT2D eigenvalue weighted by molar-refractivity contribution is 5.81. The van der Waals surface area contributed by atoms with Gasteiger partial charge in [0.05, 0.1) is 6.04 Å². The van der Waals surface area contributed by atoms with Crippen LogP contribution in [0.5, 0.6) is 0 Å². The molecule has 0 bridgehead atoms. The summed E-state index contributed by atoms with van der Waals surface area (Å²) >= 11 is 0. The number of likely N-dealkylation sites (N-methyl/N-ethyl adjacent to an activating group) is 1. The summed E-state index contributed by atoms with van der Waals surface area (Å²) in [4.78, 5) is 14.2. The van der Waals surface area contributed by atoms with Crippen molar-refractivity contribution in [1.29, 1.82) is 0 Å². The van der Waals surface area contributed by atoms with Crippen LogP contribution in [0, 0.1) is 11.8 Å². The molecule has 3 atom stereocenters. The molecule has 1 fully saturated rings. The van der Waals surface area contributed by atoms with Gasteiger partial charge in [-0.25, -0.2) is 0 Å². The van der Waals surface area contributed by atoms with E-state index in [1.807, 2.05) is 25.7 Å². The monoisotopic (exact) mass is 268 g/mol. The van der Waals surface area contributed by atoms with E-state index in [2.05, 4.69) is 19.2 Å². The van der Waals surface area contributed by atoms with E-state index in [0.717, 1.165) is 24.9 Å². The van der Waals surface area contributed by atoms with E-state index >= 15 is 0 Å². The van der Waals surface area contributed by atoms with Crippen molar-refractivity contribution in [3.63, 3.8) is 0 Å². The van der Waals surface area contributed by atoms with Crippen molar-refractivity contribution in [3.8, 4) is 0 Å². The summed E-state index contributed by atoms with van der Waals surface area (Å²) in [7, 11) is 0. The maximum absolute atomic E-state index is 12.3. The lowest BCUT2D eigenvalue weighted by molar-refractivity contribution is -0.132. The Labute approximate surface area is 119 Å². The van der Waals surface area contributed by atoms with E-state index in [4.69, 9.17) is 0 Å². The Bertz CT molecular complexity index is 274. The summed E-state index contributed by atoms with van der Waals surface area (Å²) in [5.41, 5.74) is 0. The molecule has 1 aliphatic carbocycles. The normalized spacial score (nSPS) is 25.4. The molecule has 1 saturated carbocycles. The lowest BCUT2D eigenvalue weighted by atomic mass is 9.79. The topological polar surface area (TPSA) is 32.3 Å². The summed E-state index contributed by atoms with van der Waals surface area (Å²) in [6.45, 7) is 12.4. The SMILES string of the molecule is CCN(CC)C(=O)C(C)NC1CCCC(C(C)C)C1. The van der Waals surface area contributed by atoms with Crippen molar-refractivity contribution in [2.24, 2.45) is 11.8 Å². The maximum atomic E-state index is 12.3. The number of nitrogens with one attached hydrogen (secondary N) is 1. The number of nitrogens with zero attached hydrogens (tertiary/aromatic N) is 1. The number of carbonyl (C=O) groups excluding carboxylic acids is 1. The van der Waals surface area contributed by atoms with Crippen LogP contribution in [0.4, 0.5) is 0 Å². The molecule has 1 N–H and O–H groups in total. The molecule has 0 radical (unpaired) electrons. The zero-order chi connectivity index (χ0) is 14.4. The summed E-state index contributed by atoms with van der Waals surface area (Å²) in [5, 5.41) is 3.56. The van der Waals surface area contributed by atoms with Gasteiger partial charge in [-0.2, -0.15) is 0 Å². The van der Waals surface area contributed by atoms with Gasteiger partial charge in [0.15, 0.2) is 0 Å². The van der Waals surface area contributed by atoms with Crippen molar-refractivity contribution < 1.29 is 4.79 Å². The largest absolute Gasteiger partial charge is 0.342 e. The predicted molar refractivity (Wildman–Crippen MR) is 81.1 cm³/mol. The second-order valence-electron chi connectivity index (χ2n) is 6.27. The van der Waals surface area contributed by atoms with Gasteiger partial charge in [-0.1, -0.05) is 26.7 Å². The van der Waals surface area contributed by atoms with Crippen molar-refractivity contribution >= 4 is 5.91 Å². The van der Waals surface area contributed by atoms with Gasteiger partial charge < -0.3 is 10.2 Å². The molecule has 0 spiro atoms. The number of rotatable bonds is 6. The molecule has 0 aromatic heterocycles. The molecule has 0 aromatic carbocycles. The molecule has 1 amide bonds. The van der Waals surface area contributed by atoms with E-state index in [0.29, 0.717) is 6.04 Å². The van der Waals surface area contributed by atoms with Crippen LogP contribution in [0.2, 0.25) is 0 Å². The molecule has 3 unspecified atom stereocenters. The molecule has 1 aliphatic rings. The fraction of sp³-hybridized carbons (Fsp3) is 0.938. The summed E-state index contributed by atoms with van der Waals surface area (Å²) in [5.74, 6) is 1.83. The molecule has 1 rings (SSSR count). The molecule has 0 heterocycles. The number of amides is 1. The lowest BCUT2D eigenvalue weighted by Gasteiger charge is -2.34. The summed E-state index contributed by atoms with van der Waals surface area (Å²) < 4.78 is 0. The Morgan fingerprint density at radius 2 is 1.84 bits per heavy atom. The minimum atomic E-state index is -0.0455. The Morgan fingerprint density at radius 3 is 2.37 bits per heavy atom. The third-order valence-electron chi connectivity index (χ3n) is 4.59. The highest BCUT2D eigenvalue weighted by atomic mass is 16.2. The third kappa shape index (κ3) is 4.79. The van der Waals surface area contributed by atoms with Crippen LogP contribution in [0.25, 0.3) is 0 Å². The highest BCUT2D eigenvalue weighted by Crippen LogP contribution is 2.30. The van der Waals surface area contributed by atoms with E-state index in [1.54, 1.807) is 0 Å². The molecule has 3 heteroatoms. The van der Waals surface area contributed by atoms with E-state index < -0.39 is 0 Å². The lowest BCUT2D eigenvalue weighted by Crippen LogP contribution is -2.49. The minimum absolute atomic E-state index is 0.0455. The molecular weight excluding hydrogens is 236 g/mol. The average molecular weight is 268 g/mol. The van der Waals surface area contributed by atoms with Crippen LogP contribution in [0.15, 0.2) is 0 Å². The fourth-order valence-electron chi connectivity index (χ4n) is 3.22. The Kier molecular flexibility index (Phi) is 6.84. The van der Waals surface area contributed by atoms with Crippen LogP contribution in [-0.4, -0.2) is 36.0 Å². The van der Waals surface area contributed by atoms with Gasteiger partial charge in [-0.05, 0) is 45.4 Å². The standard InChI is InChI=1S/C16H32N2O/c1-6-18(7-2)16(19)13(5)17-15-10-8-9-14(11-15)12(3)4/h12-15,17H,6-11H2,1-5H3. The van der Waals surface area contributed by atoms with E-state index in [-0.39, 0.29) is 11.9 Å². The van der Waals surface area contributed by atoms with Crippen LogP contribution < -0.4 is 5.32 Å². The van der Waals surface area contributed by atoms with Gasteiger partial charge in [0.2, 0.25) is 5.91 Å². The Hall–Kier alpha value is -0.570. The fourth-order valence-corrected chi connectivity index (χ4v) is 3.22. The second-order valence-corrected chi connectivity index (χ2v) is 6.27. The molecule has 0 saturated heterocycles. The first-order valence-electron chi connectivity index (χ1n) is 8.04. The van der Waals surface area contributed by atoms with Crippen molar-refractivity contribution in [2.75, 3.05) is 13.1 Å². The molecule has 0 aliphatic heterocycles. The molecule has 112 valence electrons. The molecule has 19 heavy (non-hydrogen) atoms. The van der Waals surface area contributed by atoms with Crippen molar-refractivity contribution in [1.82, 2.24) is 10.2 Å². The van der Waals surface area contributed by atoms with Gasteiger partial charge in [0, 0.05) is 19.1 Å². The minimum Gasteiger partial charge on any atom is -0.342 e. The Morgan fingerprint density at radius 1 is 1.21 bits per heavy atom. The number of hydrogen-bond acceptors (Lipinski definition) is 2. The van der Waals surface area contributed by atoms with Crippen LogP contribution in [0.1, 0.15) is 60.3 Å². The first-order valence-corrected chi connectivity index (χ1v) is 8.04. The first kappa shape index (κ1) is 16.5. The van der Waals surface area contributed by atoms with E-state index in [9.17, 15) is 4.79 Å². The quantitative estimate of drug-likeness (QED) is 0.803. The average Bonchev–Trinajstić information content (AvgIpc) is 2.40. The second kappa shape index (κ2) is 7.88. The maximum Gasteiger partial charge on any atom is 0.239 e. The molecule has 0 aromatic rings. The zero-order valence-electron chi connectivity index (χ0n) is 13.4. The summed E-state index contributed by atoms with van der Waals surface area (Å²) in [6, 6.07) is 0.478. The van der Waals surface area contributed by atoms with Crippen LogP contribution in [0.3, 0.4) is 0 Å². The zero-order valence-corrected chi connectivity index (χ0v) is 13.4. The summed E-state index contributed by atoms with van der Waals surface area (Å²) in [6.07, 6.45) is 5.10.